The second-order valence-electron chi connectivity index (χ2n) is 3.50. The first-order valence-electron chi connectivity index (χ1n) is 5.00. The van der Waals surface area contributed by atoms with Crippen LogP contribution in [0.1, 0.15) is 11.3 Å². The third kappa shape index (κ3) is 2.63. The third-order valence-corrected chi connectivity index (χ3v) is 2.80. The number of halogens is 1. The lowest BCUT2D eigenvalue weighted by atomic mass is 10.2. The zero-order valence-electron chi connectivity index (χ0n) is 9.14. The first-order chi connectivity index (χ1) is 8.20. The summed E-state index contributed by atoms with van der Waals surface area (Å²) < 4.78 is 6.51. The molecule has 0 aliphatic rings. The molecule has 1 aromatic carbocycles. The van der Waals surface area contributed by atoms with Crippen LogP contribution >= 0.6 is 15.9 Å². The number of benzene rings is 1. The van der Waals surface area contributed by atoms with Gasteiger partial charge in [0.1, 0.15) is 11.8 Å². The Morgan fingerprint density at radius 1 is 1.29 bits per heavy atom. The highest BCUT2D eigenvalue weighted by molar-refractivity contribution is 9.10. The van der Waals surface area contributed by atoms with Gasteiger partial charge in [-0.05, 0) is 52.7 Å². The standard InChI is InChI=1S/C13H9BrN2O/c1-9-4-5-12(10(14)7-9)17-13-3-2-6-16-11(13)8-15/h2-7H,1H3. The minimum absolute atomic E-state index is 0.278. The first kappa shape index (κ1) is 11.6. The van der Waals surface area contributed by atoms with E-state index < -0.39 is 0 Å². The normalized spacial score (nSPS) is 9.71. The van der Waals surface area contributed by atoms with Gasteiger partial charge in [0.25, 0.3) is 0 Å². The maximum Gasteiger partial charge on any atom is 0.183 e. The van der Waals surface area contributed by atoms with Crippen LogP contribution in [-0.4, -0.2) is 4.98 Å². The number of hydrogen-bond donors (Lipinski definition) is 0. The van der Waals surface area contributed by atoms with Gasteiger partial charge in [0.2, 0.25) is 0 Å². The Morgan fingerprint density at radius 3 is 2.82 bits per heavy atom. The van der Waals surface area contributed by atoms with Crippen molar-refractivity contribution < 1.29 is 4.74 Å². The first-order valence-corrected chi connectivity index (χ1v) is 5.79. The topological polar surface area (TPSA) is 45.9 Å². The minimum Gasteiger partial charge on any atom is -0.453 e. The van der Waals surface area contributed by atoms with Crippen LogP contribution in [0.4, 0.5) is 0 Å². The molecule has 17 heavy (non-hydrogen) atoms. The number of aryl methyl sites for hydroxylation is 1. The fourth-order valence-electron chi connectivity index (χ4n) is 1.36. The highest BCUT2D eigenvalue weighted by atomic mass is 79.9. The van der Waals surface area contributed by atoms with Gasteiger partial charge >= 0.3 is 0 Å². The van der Waals surface area contributed by atoms with Crippen LogP contribution in [-0.2, 0) is 0 Å². The Balaban J connectivity index is 2.35. The van der Waals surface area contributed by atoms with Crippen molar-refractivity contribution in [2.45, 2.75) is 6.92 Å². The van der Waals surface area contributed by atoms with Gasteiger partial charge < -0.3 is 4.74 Å². The molecule has 4 heteroatoms. The van der Waals surface area contributed by atoms with Crippen molar-refractivity contribution in [1.29, 1.82) is 5.26 Å². The summed E-state index contributed by atoms with van der Waals surface area (Å²) in [6, 6.07) is 11.2. The summed E-state index contributed by atoms with van der Waals surface area (Å²) in [5.74, 6) is 1.12. The van der Waals surface area contributed by atoms with Crippen molar-refractivity contribution in [3.63, 3.8) is 0 Å². The lowest BCUT2D eigenvalue weighted by Crippen LogP contribution is -1.91. The monoisotopic (exact) mass is 288 g/mol. The molecule has 0 saturated heterocycles. The molecule has 0 saturated carbocycles. The Labute approximate surface area is 108 Å². The molecular formula is C13H9BrN2O. The van der Waals surface area contributed by atoms with E-state index in [1.807, 2.05) is 31.2 Å². The van der Waals surface area contributed by atoms with E-state index in [2.05, 4.69) is 20.9 Å². The largest absolute Gasteiger partial charge is 0.453 e. The highest BCUT2D eigenvalue weighted by Crippen LogP contribution is 2.31. The molecule has 0 fully saturated rings. The molecular weight excluding hydrogens is 280 g/mol. The van der Waals surface area contributed by atoms with Crippen molar-refractivity contribution in [2.24, 2.45) is 0 Å². The minimum atomic E-state index is 0.278. The predicted octanol–water partition coefficient (Wildman–Crippen LogP) is 3.82. The van der Waals surface area contributed by atoms with Crippen LogP contribution in [0.15, 0.2) is 41.0 Å². The van der Waals surface area contributed by atoms with E-state index in [0.29, 0.717) is 11.5 Å². The van der Waals surface area contributed by atoms with Gasteiger partial charge in [-0.2, -0.15) is 5.26 Å². The van der Waals surface area contributed by atoms with Crippen molar-refractivity contribution in [1.82, 2.24) is 4.98 Å². The summed E-state index contributed by atoms with van der Waals surface area (Å²) in [6.45, 7) is 2.00. The molecule has 84 valence electrons. The molecule has 0 aliphatic carbocycles. The molecule has 1 heterocycles. The number of aromatic nitrogens is 1. The quantitative estimate of drug-likeness (QED) is 0.844. The number of pyridine rings is 1. The predicted molar refractivity (Wildman–Crippen MR) is 67.9 cm³/mol. The fourth-order valence-corrected chi connectivity index (χ4v) is 1.94. The van der Waals surface area contributed by atoms with Crippen LogP contribution in [0.25, 0.3) is 0 Å². The Hall–Kier alpha value is -1.86. The molecule has 0 bridgehead atoms. The van der Waals surface area contributed by atoms with Crippen molar-refractivity contribution in [2.75, 3.05) is 0 Å². The summed E-state index contributed by atoms with van der Waals surface area (Å²) in [4.78, 5) is 3.94. The Bertz CT molecular complexity index is 590. The van der Waals surface area contributed by atoms with Crippen LogP contribution < -0.4 is 4.74 Å². The van der Waals surface area contributed by atoms with E-state index in [1.54, 1.807) is 18.3 Å². The molecule has 2 aromatic rings. The molecule has 0 aliphatic heterocycles. The third-order valence-electron chi connectivity index (χ3n) is 2.18. The zero-order chi connectivity index (χ0) is 12.3. The zero-order valence-corrected chi connectivity index (χ0v) is 10.7. The molecule has 0 amide bonds. The second kappa shape index (κ2) is 4.98. The van der Waals surface area contributed by atoms with Gasteiger partial charge in [0.05, 0.1) is 4.47 Å². The smallest absolute Gasteiger partial charge is 0.183 e. The maximum absolute atomic E-state index is 8.91. The van der Waals surface area contributed by atoms with Gasteiger partial charge in [-0.1, -0.05) is 6.07 Å². The van der Waals surface area contributed by atoms with Gasteiger partial charge in [-0.3, -0.25) is 0 Å². The van der Waals surface area contributed by atoms with E-state index in [0.717, 1.165) is 10.0 Å². The molecule has 0 unspecified atom stereocenters. The highest BCUT2D eigenvalue weighted by Gasteiger charge is 2.07. The SMILES string of the molecule is Cc1ccc(Oc2cccnc2C#N)c(Br)c1. The van der Waals surface area contributed by atoms with Gasteiger partial charge in [-0.15, -0.1) is 0 Å². The lowest BCUT2D eigenvalue weighted by molar-refractivity contribution is 0.475. The maximum atomic E-state index is 8.91. The van der Waals surface area contributed by atoms with Gasteiger partial charge in [0, 0.05) is 6.20 Å². The molecule has 0 radical (unpaired) electrons. The molecule has 1 aromatic heterocycles. The summed E-state index contributed by atoms with van der Waals surface area (Å²) in [7, 11) is 0. The summed E-state index contributed by atoms with van der Waals surface area (Å²) in [6.07, 6.45) is 1.57. The van der Waals surface area contributed by atoms with Crippen LogP contribution in [0.3, 0.4) is 0 Å². The van der Waals surface area contributed by atoms with Crippen molar-refractivity contribution in [3.8, 4) is 17.6 Å². The van der Waals surface area contributed by atoms with Crippen molar-refractivity contribution in [3.05, 3.63) is 52.3 Å². The van der Waals surface area contributed by atoms with Crippen LogP contribution in [0.2, 0.25) is 0 Å². The number of ether oxygens (including phenoxy) is 1. The molecule has 3 nitrogen and oxygen atoms in total. The summed E-state index contributed by atoms with van der Waals surface area (Å²) in [5, 5.41) is 8.91. The van der Waals surface area contributed by atoms with E-state index >= 15 is 0 Å². The Kier molecular flexibility index (Phi) is 3.40. The van der Waals surface area contributed by atoms with Crippen molar-refractivity contribution >= 4 is 15.9 Å². The van der Waals surface area contributed by atoms with E-state index in [9.17, 15) is 0 Å². The van der Waals surface area contributed by atoms with Crippen LogP contribution in [0, 0.1) is 18.3 Å². The summed E-state index contributed by atoms with van der Waals surface area (Å²) >= 11 is 3.42. The summed E-state index contributed by atoms with van der Waals surface area (Å²) in [5.41, 5.74) is 1.41. The number of nitrogens with zero attached hydrogens (tertiary/aromatic N) is 2. The number of rotatable bonds is 2. The molecule has 2 rings (SSSR count). The average molecular weight is 289 g/mol. The van der Waals surface area contributed by atoms with E-state index in [1.165, 1.54) is 0 Å². The molecule has 0 spiro atoms. The second-order valence-corrected chi connectivity index (χ2v) is 4.35. The lowest BCUT2D eigenvalue weighted by Gasteiger charge is -2.08. The number of hydrogen-bond acceptors (Lipinski definition) is 3. The van der Waals surface area contributed by atoms with E-state index in [-0.39, 0.29) is 5.69 Å². The Morgan fingerprint density at radius 2 is 2.12 bits per heavy atom. The van der Waals surface area contributed by atoms with Crippen LogP contribution in [0.5, 0.6) is 11.5 Å². The average Bonchev–Trinajstić information content (AvgIpc) is 2.33. The molecule has 0 N–H and O–H groups in total. The molecule has 0 atom stereocenters. The van der Waals surface area contributed by atoms with E-state index in [4.69, 9.17) is 10.00 Å². The van der Waals surface area contributed by atoms with Gasteiger partial charge in [0.15, 0.2) is 11.4 Å². The van der Waals surface area contributed by atoms with Gasteiger partial charge in [-0.25, -0.2) is 4.98 Å². The fraction of sp³-hybridized carbons (Fsp3) is 0.0769. The number of nitriles is 1.